The van der Waals surface area contributed by atoms with Crippen molar-refractivity contribution in [3.63, 3.8) is 0 Å². The van der Waals surface area contributed by atoms with Crippen molar-refractivity contribution in [1.29, 1.82) is 0 Å². The van der Waals surface area contributed by atoms with Gasteiger partial charge in [0.2, 0.25) is 0 Å². The molecule has 0 aliphatic rings. The van der Waals surface area contributed by atoms with E-state index in [2.05, 4.69) is 4.52 Å². The summed E-state index contributed by atoms with van der Waals surface area (Å²) in [6.45, 7) is 0.697. The molecule has 0 aliphatic heterocycles. The van der Waals surface area contributed by atoms with Crippen molar-refractivity contribution in [1.82, 2.24) is 0 Å². The number of ketones is 1. The maximum Gasteiger partial charge on any atom is 0.470 e. The lowest BCUT2D eigenvalue weighted by molar-refractivity contribution is -0.141. The van der Waals surface area contributed by atoms with E-state index < -0.39 is 38.5 Å². The van der Waals surface area contributed by atoms with Crippen molar-refractivity contribution in [2.24, 2.45) is 0 Å². The second-order valence-corrected chi connectivity index (χ2v) is 4.76. The first-order chi connectivity index (χ1) is 7.69. The molecule has 0 saturated carbocycles. The summed E-state index contributed by atoms with van der Waals surface area (Å²) in [6.07, 6.45) is -4.21. The smallest absolute Gasteiger partial charge is 0.390 e. The SMILES string of the molecule is CCC[C@H](O)[C@H](O)[C@@H](O)C(=O)COP(=O)(O)O. The van der Waals surface area contributed by atoms with Gasteiger partial charge in [0.15, 0.2) is 5.78 Å². The molecule has 0 unspecified atom stereocenters. The number of phosphoric ester groups is 1. The Hall–Kier alpha value is -0.340. The fraction of sp³-hybridized carbons (Fsp3) is 0.875. The van der Waals surface area contributed by atoms with E-state index >= 15 is 0 Å². The zero-order valence-corrected chi connectivity index (χ0v) is 10.2. The largest absolute Gasteiger partial charge is 0.470 e. The lowest BCUT2D eigenvalue weighted by Gasteiger charge is -2.21. The number of Topliss-reactive ketones (excluding diaryl/α,β-unsaturated/α-hetero) is 1. The van der Waals surface area contributed by atoms with Gasteiger partial charge in [0, 0.05) is 0 Å². The molecule has 0 radical (unpaired) electrons. The van der Waals surface area contributed by atoms with E-state index in [1.165, 1.54) is 0 Å². The monoisotopic (exact) mass is 272 g/mol. The molecule has 3 atom stereocenters. The second-order valence-electron chi connectivity index (χ2n) is 3.52. The van der Waals surface area contributed by atoms with E-state index in [1.54, 1.807) is 6.92 Å². The third kappa shape index (κ3) is 6.85. The molecule has 0 bridgehead atoms. The zero-order valence-electron chi connectivity index (χ0n) is 9.26. The Bertz CT molecular complexity index is 287. The number of carbonyl (C=O) groups excluding carboxylic acids is 1. The van der Waals surface area contributed by atoms with Crippen LogP contribution in [0.4, 0.5) is 0 Å². The van der Waals surface area contributed by atoms with E-state index in [0.29, 0.717) is 6.42 Å². The van der Waals surface area contributed by atoms with Gasteiger partial charge in [0.1, 0.15) is 18.8 Å². The van der Waals surface area contributed by atoms with Crippen LogP contribution in [0.1, 0.15) is 19.8 Å². The molecule has 0 aliphatic carbocycles. The van der Waals surface area contributed by atoms with E-state index in [9.17, 15) is 24.7 Å². The Balaban J connectivity index is 4.25. The van der Waals surface area contributed by atoms with Gasteiger partial charge in [-0.2, -0.15) is 0 Å². The molecule has 0 aromatic rings. The normalized spacial score (nSPS) is 17.5. The maximum atomic E-state index is 11.2. The van der Waals surface area contributed by atoms with Crippen molar-refractivity contribution < 1.29 is 39.0 Å². The number of hydrogen-bond acceptors (Lipinski definition) is 6. The van der Waals surface area contributed by atoms with Crippen LogP contribution in [0.5, 0.6) is 0 Å². The van der Waals surface area contributed by atoms with Crippen LogP contribution in [0.2, 0.25) is 0 Å². The summed E-state index contributed by atoms with van der Waals surface area (Å²) in [5.74, 6) is -1.11. The Morgan fingerprint density at radius 3 is 2.24 bits per heavy atom. The molecule has 9 heteroatoms. The van der Waals surface area contributed by atoms with Crippen molar-refractivity contribution in [3.8, 4) is 0 Å². The maximum absolute atomic E-state index is 11.2. The Labute approximate surface area is 98.1 Å². The van der Waals surface area contributed by atoms with Crippen molar-refractivity contribution >= 4 is 13.6 Å². The molecule has 0 heterocycles. The van der Waals surface area contributed by atoms with Crippen LogP contribution in [-0.2, 0) is 13.9 Å². The number of phosphoric acid groups is 1. The van der Waals surface area contributed by atoms with Crippen molar-refractivity contribution in [2.45, 2.75) is 38.1 Å². The average molecular weight is 272 g/mol. The quantitative estimate of drug-likeness (QED) is 0.337. The highest BCUT2D eigenvalue weighted by Gasteiger charge is 2.30. The summed E-state index contributed by atoms with van der Waals surface area (Å²) in [5, 5.41) is 27.9. The molecule has 0 spiro atoms. The van der Waals surface area contributed by atoms with Gasteiger partial charge in [-0.3, -0.25) is 9.32 Å². The molecule has 17 heavy (non-hydrogen) atoms. The Kier molecular flexibility index (Phi) is 7.03. The summed E-state index contributed by atoms with van der Waals surface area (Å²) in [6, 6.07) is 0. The fourth-order valence-corrected chi connectivity index (χ4v) is 1.40. The molecular weight excluding hydrogens is 255 g/mol. The topological polar surface area (TPSA) is 145 Å². The van der Waals surface area contributed by atoms with Crippen LogP contribution >= 0.6 is 7.82 Å². The molecule has 102 valence electrons. The molecule has 0 rings (SSSR count). The number of carbonyl (C=O) groups is 1. The second kappa shape index (κ2) is 7.17. The van der Waals surface area contributed by atoms with Gasteiger partial charge in [0.25, 0.3) is 0 Å². The van der Waals surface area contributed by atoms with Gasteiger partial charge in [-0.25, -0.2) is 4.57 Å². The number of hydrogen-bond donors (Lipinski definition) is 5. The molecular formula is C8H17O8P. The predicted molar refractivity (Wildman–Crippen MR) is 55.9 cm³/mol. The molecule has 0 aromatic heterocycles. The Morgan fingerprint density at radius 2 is 1.82 bits per heavy atom. The van der Waals surface area contributed by atoms with E-state index in [4.69, 9.17) is 9.79 Å². The highest BCUT2D eigenvalue weighted by atomic mass is 31.2. The first-order valence-electron chi connectivity index (χ1n) is 4.96. The Morgan fingerprint density at radius 1 is 1.29 bits per heavy atom. The highest BCUT2D eigenvalue weighted by molar-refractivity contribution is 7.46. The molecule has 0 amide bonds. The minimum atomic E-state index is -4.80. The lowest BCUT2D eigenvalue weighted by Crippen LogP contribution is -2.43. The summed E-state index contributed by atoms with van der Waals surface area (Å²) in [4.78, 5) is 27.8. The van der Waals surface area contributed by atoms with Gasteiger partial charge >= 0.3 is 7.82 Å². The van der Waals surface area contributed by atoms with Crippen molar-refractivity contribution in [3.05, 3.63) is 0 Å². The fourth-order valence-electron chi connectivity index (χ4n) is 1.10. The first-order valence-corrected chi connectivity index (χ1v) is 6.49. The van der Waals surface area contributed by atoms with Gasteiger partial charge in [0.05, 0.1) is 6.10 Å². The number of aliphatic hydroxyl groups excluding tert-OH is 3. The van der Waals surface area contributed by atoms with Crippen LogP contribution in [0.3, 0.4) is 0 Å². The highest BCUT2D eigenvalue weighted by Crippen LogP contribution is 2.35. The van der Waals surface area contributed by atoms with Crippen LogP contribution in [0.25, 0.3) is 0 Å². The minimum absolute atomic E-state index is 0.185. The molecule has 0 aromatic carbocycles. The third-order valence-electron chi connectivity index (χ3n) is 2.01. The molecule has 5 N–H and O–H groups in total. The van der Waals surface area contributed by atoms with E-state index in [-0.39, 0.29) is 6.42 Å². The van der Waals surface area contributed by atoms with Crippen molar-refractivity contribution in [2.75, 3.05) is 6.61 Å². The van der Waals surface area contributed by atoms with Gasteiger partial charge in [-0.1, -0.05) is 13.3 Å². The predicted octanol–water partition coefficient (Wildman–Crippen LogP) is -1.45. The summed E-state index contributed by atoms with van der Waals surface area (Å²) >= 11 is 0. The van der Waals surface area contributed by atoms with Crippen LogP contribution in [0, 0.1) is 0 Å². The standard InChI is InChI=1S/C8H17O8P/c1-2-3-5(9)7(11)8(12)6(10)4-16-17(13,14)15/h5,7-9,11-12H,2-4H2,1H3,(H2,13,14,15)/t5-,7-,8-/m0/s1. The van der Waals surface area contributed by atoms with Gasteiger partial charge < -0.3 is 25.1 Å². The summed E-state index contributed by atoms with van der Waals surface area (Å²) in [5.41, 5.74) is 0. The van der Waals surface area contributed by atoms with Crippen LogP contribution in [0.15, 0.2) is 0 Å². The van der Waals surface area contributed by atoms with E-state index in [1.807, 2.05) is 0 Å². The average Bonchev–Trinajstić information content (AvgIpc) is 2.23. The van der Waals surface area contributed by atoms with Gasteiger partial charge in [-0.05, 0) is 6.42 Å². The molecule has 0 fully saturated rings. The summed E-state index contributed by atoms with van der Waals surface area (Å²) in [7, 11) is -4.80. The minimum Gasteiger partial charge on any atom is -0.390 e. The summed E-state index contributed by atoms with van der Waals surface area (Å²) < 4.78 is 14.2. The molecule has 0 saturated heterocycles. The lowest BCUT2D eigenvalue weighted by atomic mass is 10.0. The van der Waals surface area contributed by atoms with Gasteiger partial charge in [-0.15, -0.1) is 0 Å². The first kappa shape index (κ1) is 16.7. The van der Waals surface area contributed by atoms with E-state index in [0.717, 1.165) is 0 Å². The van der Waals surface area contributed by atoms with Crippen LogP contribution < -0.4 is 0 Å². The zero-order chi connectivity index (χ0) is 13.6. The number of rotatable bonds is 8. The number of aliphatic hydroxyl groups is 3. The third-order valence-corrected chi connectivity index (χ3v) is 2.47. The van der Waals surface area contributed by atoms with Crippen LogP contribution in [-0.4, -0.2) is 55.8 Å². The molecule has 8 nitrogen and oxygen atoms in total.